The van der Waals surface area contributed by atoms with Crippen molar-refractivity contribution in [3.05, 3.63) is 29.8 Å². The number of nitrogens with one attached hydrogen (secondary N) is 2. The summed E-state index contributed by atoms with van der Waals surface area (Å²) in [6, 6.07) is 6.58. The van der Waals surface area contributed by atoms with Crippen LogP contribution in [0.2, 0.25) is 0 Å². The number of rotatable bonds is 9. The number of carbonyl (C=O) groups is 3. The molecular formula is C20H25N5O6S3. The minimum Gasteiger partial charge on any atom is -0.462 e. The fourth-order valence-electron chi connectivity index (χ4n) is 3.27. The van der Waals surface area contributed by atoms with Crippen LogP contribution in [0.1, 0.15) is 30.1 Å². The topological polar surface area (TPSA) is 148 Å². The monoisotopic (exact) mass is 527 g/mol. The number of hydrogen-bond donors (Lipinski definition) is 2. The number of para-hydroxylation sites is 1. The van der Waals surface area contributed by atoms with Crippen molar-refractivity contribution in [1.82, 2.24) is 14.5 Å². The normalized spacial score (nSPS) is 15.0. The number of piperidine rings is 1. The van der Waals surface area contributed by atoms with Gasteiger partial charge < -0.3 is 15.4 Å². The molecule has 1 aromatic carbocycles. The van der Waals surface area contributed by atoms with E-state index in [1.807, 2.05) is 0 Å². The van der Waals surface area contributed by atoms with Gasteiger partial charge in [0.25, 0.3) is 0 Å². The fourth-order valence-corrected chi connectivity index (χ4v) is 5.70. The Morgan fingerprint density at radius 3 is 2.56 bits per heavy atom. The van der Waals surface area contributed by atoms with Crippen LogP contribution in [0, 0.1) is 5.92 Å². The van der Waals surface area contributed by atoms with E-state index in [1.165, 1.54) is 4.31 Å². The molecule has 1 aromatic heterocycles. The number of amides is 2. The van der Waals surface area contributed by atoms with E-state index in [2.05, 4.69) is 20.8 Å². The zero-order valence-corrected chi connectivity index (χ0v) is 21.1. The fraction of sp³-hybridized carbons (Fsp3) is 0.450. The molecule has 0 unspecified atom stereocenters. The molecule has 0 bridgehead atoms. The third-order valence-electron chi connectivity index (χ3n) is 4.95. The van der Waals surface area contributed by atoms with Crippen molar-refractivity contribution >= 4 is 61.7 Å². The van der Waals surface area contributed by atoms with E-state index in [0.29, 0.717) is 41.1 Å². The minimum absolute atomic E-state index is 0.0314. The van der Waals surface area contributed by atoms with E-state index in [-0.39, 0.29) is 35.7 Å². The zero-order valence-electron chi connectivity index (χ0n) is 18.6. The maximum absolute atomic E-state index is 12.5. The number of ether oxygens (including phenoxy) is 1. The number of nitrogens with zero attached hydrogens (tertiary/aromatic N) is 3. The second-order valence-corrected chi connectivity index (χ2v) is 11.6. The largest absolute Gasteiger partial charge is 0.462 e. The molecule has 2 heterocycles. The summed E-state index contributed by atoms with van der Waals surface area (Å²) in [6.45, 7) is 2.55. The lowest BCUT2D eigenvalue weighted by Crippen LogP contribution is -2.40. The summed E-state index contributed by atoms with van der Waals surface area (Å²) in [6.07, 6.45) is 2.03. The molecule has 3 rings (SSSR count). The highest BCUT2D eigenvalue weighted by molar-refractivity contribution is 8.01. The van der Waals surface area contributed by atoms with Gasteiger partial charge in [0.05, 0.1) is 29.9 Å². The van der Waals surface area contributed by atoms with Crippen LogP contribution in [0.4, 0.5) is 10.8 Å². The Bertz CT molecular complexity index is 1150. The standard InChI is InChI=1S/C20H25N5O6S3/c1-3-31-18(28)14-6-4-5-7-15(14)21-16(26)12-32-20-24-23-19(33-20)22-17(27)13-8-10-25(11-9-13)34(2,29)30/h4-7,13H,3,8-12H2,1-2H3,(H,21,26)(H,22,23,27). The predicted molar refractivity (Wildman–Crippen MR) is 129 cm³/mol. The van der Waals surface area contributed by atoms with Gasteiger partial charge in [-0.05, 0) is 31.9 Å². The third-order valence-corrected chi connectivity index (χ3v) is 8.23. The SMILES string of the molecule is CCOC(=O)c1ccccc1NC(=O)CSc1nnc(NC(=O)C2CCN(S(C)(=O)=O)CC2)s1. The zero-order chi connectivity index (χ0) is 24.7. The van der Waals surface area contributed by atoms with Gasteiger partial charge in [0.15, 0.2) is 4.34 Å². The Morgan fingerprint density at radius 2 is 1.88 bits per heavy atom. The summed E-state index contributed by atoms with van der Waals surface area (Å²) >= 11 is 2.29. The van der Waals surface area contributed by atoms with Crippen LogP contribution in [0.5, 0.6) is 0 Å². The van der Waals surface area contributed by atoms with Crippen LogP contribution in [-0.4, -0.2) is 72.4 Å². The first kappa shape index (κ1) is 26.1. The smallest absolute Gasteiger partial charge is 0.340 e. The summed E-state index contributed by atoms with van der Waals surface area (Å²) in [5.41, 5.74) is 0.629. The van der Waals surface area contributed by atoms with E-state index < -0.39 is 16.0 Å². The van der Waals surface area contributed by atoms with Crippen LogP contribution in [-0.2, 0) is 24.3 Å². The summed E-state index contributed by atoms with van der Waals surface area (Å²) in [7, 11) is -3.25. The third kappa shape index (κ3) is 7.22. The molecule has 0 saturated carbocycles. The first-order valence-electron chi connectivity index (χ1n) is 10.5. The molecule has 184 valence electrons. The predicted octanol–water partition coefficient (Wildman–Crippen LogP) is 2.06. The molecule has 0 spiro atoms. The van der Waals surface area contributed by atoms with Gasteiger partial charge in [-0.2, -0.15) is 0 Å². The molecule has 0 radical (unpaired) electrons. The van der Waals surface area contributed by atoms with Crippen LogP contribution in [0.25, 0.3) is 0 Å². The van der Waals surface area contributed by atoms with Crippen LogP contribution in [0.3, 0.4) is 0 Å². The van der Waals surface area contributed by atoms with Gasteiger partial charge >= 0.3 is 5.97 Å². The summed E-state index contributed by atoms with van der Waals surface area (Å²) in [4.78, 5) is 36.9. The molecule has 0 aliphatic carbocycles. The number of esters is 1. The van der Waals surface area contributed by atoms with Gasteiger partial charge in [-0.3, -0.25) is 9.59 Å². The van der Waals surface area contributed by atoms with Crippen molar-refractivity contribution in [3.8, 4) is 0 Å². The van der Waals surface area contributed by atoms with Gasteiger partial charge in [-0.25, -0.2) is 17.5 Å². The first-order chi connectivity index (χ1) is 16.2. The molecule has 0 atom stereocenters. The van der Waals surface area contributed by atoms with Crippen molar-refractivity contribution in [1.29, 1.82) is 0 Å². The average Bonchev–Trinajstić information content (AvgIpc) is 3.25. The van der Waals surface area contributed by atoms with Gasteiger partial charge in [-0.15, -0.1) is 10.2 Å². The second-order valence-electron chi connectivity index (χ2n) is 7.40. The van der Waals surface area contributed by atoms with Gasteiger partial charge in [0, 0.05) is 19.0 Å². The molecule has 14 heteroatoms. The van der Waals surface area contributed by atoms with Crippen molar-refractivity contribution in [3.63, 3.8) is 0 Å². The van der Waals surface area contributed by atoms with Crippen LogP contribution < -0.4 is 10.6 Å². The number of thioether (sulfide) groups is 1. The lowest BCUT2D eigenvalue weighted by atomic mass is 9.97. The Kier molecular flexibility index (Phi) is 8.99. The maximum Gasteiger partial charge on any atom is 0.340 e. The Balaban J connectivity index is 1.48. The van der Waals surface area contributed by atoms with E-state index in [0.717, 1.165) is 29.4 Å². The number of anilines is 2. The van der Waals surface area contributed by atoms with Crippen molar-refractivity contribution in [2.24, 2.45) is 5.92 Å². The highest BCUT2D eigenvalue weighted by atomic mass is 32.2. The lowest BCUT2D eigenvalue weighted by Gasteiger charge is -2.29. The Labute approximate surface area is 205 Å². The molecule has 1 fully saturated rings. The highest BCUT2D eigenvalue weighted by Crippen LogP contribution is 2.27. The molecule has 11 nitrogen and oxygen atoms in total. The second kappa shape index (κ2) is 11.7. The summed E-state index contributed by atoms with van der Waals surface area (Å²) in [5, 5.41) is 13.6. The summed E-state index contributed by atoms with van der Waals surface area (Å²) < 4.78 is 30.1. The number of aromatic nitrogens is 2. The Hall–Kier alpha value is -2.55. The molecule has 1 aliphatic heterocycles. The summed E-state index contributed by atoms with van der Waals surface area (Å²) in [5.74, 6) is -1.35. The number of benzene rings is 1. The molecule has 2 N–H and O–H groups in total. The minimum atomic E-state index is -3.25. The van der Waals surface area contributed by atoms with E-state index >= 15 is 0 Å². The van der Waals surface area contributed by atoms with Gasteiger partial charge in [-0.1, -0.05) is 35.2 Å². The lowest BCUT2D eigenvalue weighted by molar-refractivity contribution is -0.121. The molecule has 34 heavy (non-hydrogen) atoms. The maximum atomic E-state index is 12.5. The molecule has 2 aromatic rings. The van der Waals surface area contributed by atoms with E-state index in [9.17, 15) is 22.8 Å². The number of sulfonamides is 1. The highest BCUT2D eigenvalue weighted by Gasteiger charge is 2.29. The van der Waals surface area contributed by atoms with Gasteiger partial charge in [0.1, 0.15) is 0 Å². The van der Waals surface area contributed by atoms with E-state index in [1.54, 1.807) is 31.2 Å². The number of carbonyl (C=O) groups excluding carboxylic acids is 3. The molecule has 1 aliphatic rings. The van der Waals surface area contributed by atoms with Crippen molar-refractivity contribution in [2.45, 2.75) is 24.1 Å². The first-order valence-corrected chi connectivity index (χ1v) is 14.1. The molecular weight excluding hydrogens is 502 g/mol. The van der Waals surface area contributed by atoms with Gasteiger partial charge in [0.2, 0.25) is 27.0 Å². The van der Waals surface area contributed by atoms with Crippen molar-refractivity contribution < 1.29 is 27.5 Å². The number of hydrogen-bond acceptors (Lipinski definition) is 10. The molecule has 2 amide bonds. The molecule has 1 saturated heterocycles. The van der Waals surface area contributed by atoms with Crippen LogP contribution >= 0.6 is 23.1 Å². The Morgan fingerprint density at radius 1 is 1.18 bits per heavy atom. The average molecular weight is 528 g/mol. The van der Waals surface area contributed by atoms with Crippen molar-refractivity contribution in [2.75, 3.05) is 42.3 Å². The quantitative estimate of drug-likeness (QED) is 0.284. The van der Waals surface area contributed by atoms with Crippen LogP contribution in [0.15, 0.2) is 28.6 Å². The van der Waals surface area contributed by atoms with E-state index in [4.69, 9.17) is 4.74 Å².